The minimum absolute atomic E-state index is 0.0832. The van der Waals surface area contributed by atoms with E-state index in [0.717, 1.165) is 41.4 Å². The summed E-state index contributed by atoms with van der Waals surface area (Å²) >= 11 is 6.00. The number of carbonyl (C=O) groups excluding carboxylic acids is 1. The normalized spacial score (nSPS) is 12.7. The molecule has 3 aromatic carbocycles. The Kier molecular flexibility index (Phi) is 8.57. The average Bonchev–Trinajstić information content (AvgIpc) is 3.25. The van der Waals surface area contributed by atoms with Crippen LogP contribution in [0.1, 0.15) is 47.5 Å². The Balaban J connectivity index is 1.44. The van der Waals surface area contributed by atoms with Gasteiger partial charge in [-0.05, 0) is 67.3 Å². The summed E-state index contributed by atoms with van der Waals surface area (Å²) in [7, 11) is -3.66. The van der Waals surface area contributed by atoms with E-state index >= 15 is 0 Å². The van der Waals surface area contributed by atoms with E-state index < -0.39 is 22.0 Å². The number of aromatic nitrogens is 1. The molecule has 1 aromatic heterocycles. The number of benzene rings is 3. The van der Waals surface area contributed by atoms with Gasteiger partial charge in [-0.15, -0.1) is 0 Å². The highest BCUT2D eigenvalue weighted by Crippen LogP contribution is 2.30. The Labute approximate surface area is 228 Å². The Morgan fingerprint density at radius 2 is 1.74 bits per heavy atom. The molecule has 1 atom stereocenters. The fourth-order valence-corrected chi connectivity index (χ4v) is 5.07. The van der Waals surface area contributed by atoms with Gasteiger partial charge in [0.2, 0.25) is 10.0 Å². The average molecular weight is 554 g/mol. The van der Waals surface area contributed by atoms with Crippen LogP contribution >= 0.6 is 11.6 Å². The summed E-state index contributed by atoms with van der Waals surface area (Å²) in [6, 6.07) is 21.5. The van der Waals surface area contributed by atoms with Crippen LogP contribution in [0.3, 0.4) is 0 Å². The fourth-order valence-electron chi connectivity index (χ4n) is 4.43. The van der Waals surface area contributed by atoms with Crippen molar-refractivity contribution in [2.75, 3.05) is 19.3 Å². The third kappa shape index (κ3) is 6.82. The first-order chi connectivity index (χ1) is 18.0. The second-order valence-electron chi connectivity index (χ2n) is 9.70. The molecule has 0 aliphatic heterocycles. The molecule has 4 aromatic rings. The van der Waals surface area contributed by atoms with E-state index in [1.54, 1.807) is 18.3 Å². The predicted octanol–water partition coefficient (Wildman–Crippen LogP) is 5.10. The predicted molar refractivity (Wildman–Crippen MR) is 153 cm³/mol. The number of nitrogens with one attached hydrogen (secondary N) is 2. The van der Waals surface area contributed by atoms with Crippen molar-refractivity contribution in [3.05, 3.63) is 94.6 Å². The molecule has 0 saturated heterocycles. The van der Waals surface area contributed by atoms with Gasteiger partial charge < -0.3 is 15.0 Å². The maximum Gasteiger partial charge on any atom is 0.266 e. The van der Waals surface area contributed by atoms with Gasteiger partial charge in [0, 0.05) is 34.7 Å². The van der Waals surface area contributed by atoms with Crippen LogP contribution in [0.15, 0.2) is 72.9 Å². The van der Waals surface area contributed by atoms with Crippen molar-refractivity contribution in [3.63, 3.8) is 0 Å². The number of rotatable bonds is 10. The molecule has 200 valence electrons. The zero-order valence-corrected chi connectivity index (χ0v) is 23.2. The molecule has 0 saturated carbocycles. The number of aliphatic hydroxyl groups is 1. The first-order valence-electron chi connectivity index (χ1n) is 12.4. The molecule has 0 aliphatic rings. The van der Waals surface area contributed by atoms with E-state index in [1.165, 1.54) is 5.56 Å². The van der Waals surface area contributed by atoms with Crippen molar-refractivity contribution in [3.8, 4) is 11.1 Å². The number of sulfonamides is 1. The summed E-state index contributed by atoms with van der Waals surface area (Å²) in [5.74, 6) is -0.636. The van der Waals surface area contributed by atoms with E-state index in [2.05, 4.69) is 34.3 Å². The van der Waals surface area contributed by atoms with Gasteiger partial charge >= 0.3 is 0 Å². The molecule has 0 bridgehead atoms. The van der Waals surface area contributed by atoms with Gasteiger partial charge in [0.05, 0.1) is 17.9 Å². The topological polar surface area (TPSA) is 100 Å². The largest absolute Gasteiger partial charge is 0.387 e. The minimum atomic E-state index is -3.66. The maximum atomic E-state index is 12.6. The van der Waals surface area contributed by atoms with Gasteiger partial charge in [0.25, 0.3) is 5.91 Å². The molecule has 1 heterocycles. The van der Waals surface area contributed by atoms with Crippen LogP contribution < -0.4 is 10.0 Å². The molecule has 0 spiro atoms. The molecule has 0 fully saturated rings. The van der Waals surface area contributed by atoms with Crippen molar-refractivity contribution in [1.82, 2.24) is 14.6 Å². The third-order valence-electron chi connectivity index (χ3n) is 6.36. The molecule has 1 amide bonds. The van der Waals surface area contributed by atoms with Crippen molar-refractivity contribution >= 4 is 38.4 Å². The molecular weight excluding hydrogens is 522 g/mol. The van der Waals surface area contributed by atoms with Crippen LogP contribution in [0.2, 0.25) is 5.02 Å². The van der Waals surface area contributed by atoms with E-state index in [1.807, 2.05) is 48.7 Å². The second kappa shape index (κ2) is 11.7. The van der Waals surface area contributed by atoms with Crippen molar-refractivity contribution in [1.29, 1.82) is 0 Å². The summed E-state index contributed by atoms with van der Waals surface area (Å²) in [4.78, 5) is 12.6. The number of hydrogen-bond donors (Lipinski definition) is 3. The summed E-state index contributed by atoms with van der Waals surface area (Å²) in [6.07, 6.45) is 2.87. The lowest BCUT2D eigenvalue weighted by Gasteiger charge is -2.13. The van der Waals surface area contributed by atoms with Crippen LogP contribution in [0, 0.1) is 0 Å². The summed E-state index contributed by atoms with van der Waals surface area (Å²) in [5.41, 5.74) is 5.19. The van der Waals surface area contributed by atoms with E-state index in [9.17, 15) is 18.3 Å². The number of carbonyl (C=O) groups is 1. The monoisotopic (exact) mass is 553 g/mol. The van der Waals surface area contributed by atoms with Gasteiger partial charge in [-0.2, -0.15) is 0 Å². The van der Waals surface area contributed by atoms with Crippen LogP contribution in [-0.4, -0.2) is 43.3 Å². The number of halogens is 1. The van der Waals surface area contributed by atoms with E-state index in [0.29, 0.717) is 22.5 Å². The Hall–Kier alpha value is -3.17. The lowest BCUT2D eigenvalue weighted by molar-refractivity contribution is 0.0983. The quantitative estimate of drug-likeness (QED) is 0.237. The lowest BCUT2D eigenvalue weighted by atomic mass is 10.0. The molecule has 3 N–H and O–H groups in total. The van der Waals surface area contributed by atoms with Crippen molar-refractivity contribution in [2.24, 2.45) is 0 Å². The summed E-state index contributed by atoms with van der Waals surface area (Å²) < 4.78 is 27.2. The second-order valence-corrected chi connectivity index (χ2v) is 11.9. The van der Waals surface area contributed by atoms with Crippen LogP contribution in [0.5, 0.6) is 0 Å². The molecule has 0 radical (unpaired) electrons. The highest BCUT2D eigenvalue weighted by Gasteiger charge is 2.19. The molecular formula is C29H32ClN3O4S. The Morgan fingerprint density at radius 1 is 1.03 bits per heavy atom. The van der Waals surface area contributed by atoms with Crippen LogP contribution in [0.4, 0.5) is 0 Å². The number of fused-ring (bicyclic) bond motifs is 1. The van der Waals surface area contributed by atoms with Gasteiger partial charge in [-0.1, -0.05) is 60.1 Å². The lowest BCUT2D eigenvalue weighted by Crippen LogP contribution is -2.29. The summed E-state index contributed by atoms with van der Waals surface area (Å²) in [6.45, 7) is 5.20. The molecule has 0 unspecified atom stereocenters. The maximum absolute atomic E-state index is 12.6. The van der Waals surface area contributed by atoms with Gasteiger partial charge in [-0.3, -0.25) is 4.79 Å². The van der Waals surface area contributed by atoms with Gasteiger partial charge in [-0.25, -0.2) is 13.1 Å². The number of amides is 1. The highest BCUT2D eigenvalue weighted by atomic mass is 35.5. The number of hydrogen-bond acceptors (Lipinski definition) is 5. The van der Waals surface area contributed by atoms with Crippen molar-refractivity contribution in [2.45, 2.75) is 32.4 Å². The van der Waals surface area contributed by atoms with Crippen LogP contribution in [-0.2, 0) is 16.4 Å². The smallest absolute Gasteiger partial charge is 0.266 e. The number of aliphatic hydroxyl groups excluding tert-OH is 1. The molecule has 38 heavy (non-hydrogen) atoms. The summed E-state index contributed by atoms with van der Waals surface area (Å²) in [5, 5.41) is 14.9. The van der Waals surface area contributed by atoms with Gasteiger partial charge in [0.15, 0.2) is 0 Å². The highest BCUT2D eigenvalue weighted by molar-refractivity contribution is 7.89. The SMILES string of the molecule is CC(C)n1cc(C(=O)NS(C)(=O)=O)c2ccc(-c3ccc(CCNC[C@H](O)c4cccc(Cl)c4)cc3)cc21. The van der Waals surface area contributed by atoms with E-state index in [-0.39, 0.29) is 6.04 Å². The third-order valence-corrected chi connectivity index (χ3v) is 7.15. The zero-order valence-electron chi connectivity index (χ0n) is 21.6. The minimum Gasteiger partial charge on any atom is -0.387 e. The molecule has 4 rings (SSSR count). The fraction of sp³-hybridized carbons (Fsp3) is 0.276. The first kappa shape index (κ1) is 27.9. The van der Waals surface area contributed by atoms with Crippen molar-refractivity contribution < 1.29 is 18.3 Å². The Morgan fingerprint density at radius 3 is 2.39 bits per heavy atom. The first-order valence-corrected chi connectivity index (χ1v) is 14.7. The van der Waals surface area contributed by atoms with Gasteiger partial charge in [0.1, 0.15) is 0 Å². The molecule has 7 nitrogen and oxygen atoms in total. The molecule has 9 heteroatoms. The Bertz CT molecular complexity index is 1550. The van der Waals surface area contributed by atoms with E-state index in [4.69, 9.17) is 11.6 Å². The van der Waals surface area contributed by atoms with Crippen LogP contribution in [0.25, 0.3) is 22.0 Å². The zero-order chi connectivity index (χ0) is 27.4. The number of nitrogens with zero attached hydrogens (tertiary/aromatic N) is 1. The standard InChI is InChI=1S/C29H32ClN3O4S/c1-19(2)33-18-26(29(35)32-38(3,36)37)25-12-11-22(16-27(25)33)21-9-7-20(8-10-21)13-14-31-17-28(34)23-5-4-6-24(30)15-23/h4-12,15-16,18-19,28,31,34H,13-14,17H2,1-3H3,(H,32,35)/t28-/m0/s1. The molecule has 0 aliphatic carbocycles.